The fraction of sp³-hybridized carbons (Fsp3) is 0.188. The first-order valence-corrected chi connectivity index (χ1v) is 6.61. The summed E-state index contributed by atoms with van der Waals surface area (Å²) in [7, 11) is 1.88. The van der Waals surface area contributed by atoms with Crippen molar-refractivity contribution in [3.8, 4) is 0 Å². The molecule has 0 bridgehead atoms. The van der Waals surface area contributed by atoms with Gasteiger partial charge in [-0.25, -0.2) is 9.38 Å². The van der Waals surface area contributed by atoms with Crippen LogP contribution < -0.4 is 4.90 Å². The van der Waals surface area contributed by atoms with Crippen LogP contribution in [0.3, 0.4) is 0 Å². The molecule has 0 aliphatic carbocycles. The van der Waals surface area contributed by atoms with Gasteiger partial charge in [0.05, 0.1) is 17.6 Å². The molecule has 0 fully saturated rings. The largest absolute Gasteiger partial charge is 0.332 e. The molecule has 1 heterocycles. The lowest BCUT2D eigenvalue weighted by molar-refractivity contribution is 0.112. The third kappa shape index (κ3) is 3.51. The van der Waals surface area contributed by atoms with Crippen LogP contribution >= 0.6 is 0 Å². The number of halogens is 1. The van der Waals surface area contributed by atoms with Crippen molar-refractivity contribution in [1.82, 2.24) is 4.98 Å². The molecule has 2 aromatic rings. The van der Waals surface area contributed by atoms with E-state index < -0.39 is 5.82 Å². The minimum Gasteiger partial charge on any atom is -0.332 e. The fourth-order valence-corrected chi connectivity index (χ4v) is 1.95. The fourth-order valence-electron chi connectivity index (χ4n) is 1.95. The van der Waals surface area contributed by atoms with E-state index >= 15 is 0 Å². The SMILES string of the molecule is CCC(=Nc1ccc(F)cc1C=O)N(C)c1cccnc1. The van der Waals surface area contributed by atoms with Crippen LogP contribution in [0, 0.1) is 5.82 Å². The number of aliphatic imine (C=N–C) groups is 1. The first kappa shape index (κ1) is 14.8. The van der Waals surface area contributed by atoms with E-state index in [-0.39, 0.29) is 5.56 Å². The number of nitrogens with zero attached hydrogens (tertiary/aromatic N) is 3. The summed E-state index contributed by atoms with van der Waals surface area (Å²) in [6.45, 7) is 1.97. The standard InChI is InChI=1S/C16H16FN3O/c1-3-16(20(2)14-5-4-8-18-10-14)19-15-7-6-13(17)9-12(15)11-21/h4-11H,3H2,1-2H3. The van der Waals surface area contributed by atoms with Gasteiger partial charge in [-0.3, -0.25) is 9.78 Å². The van der Waals surface area contributed by atoms with Crippen molar-refractivity contribution in [3.63, 3.8) is 0 Å². The van der Waals surface area contributed by atoms with Gasteiger partial charge in [0.15, 0.2) is 6.29 Å². The van der Waals surface area contributed by atoms with Gasteiger partial charge in [0.25, 0.3) is 0 Å². The van der Waals surface area contributed by atoms with E-state index in [0.717, 1.165) is 11.5 Å². The number of hydrogen-bond acceptors (Lipinski definition) is 3. The maximum absolute atomic E-state index is 13.2. The van der Waals surface area contributed by atoms with Crippen LogP contribution in [0.5, 0.6) is 0 Å². The van der Waals surface area contributed by atoms with E-state index in [1.54, 1.807) is 12.4 Å². The van der Waals surface area contributed by atoms with E-state index in [1.807, 2.05) is 31.0 Å². The highest BCUT2D eigenvalue weighted by Gasteiger charge is 2.09. The van der Waals surface area contributed by atoms with E-state index in [2.05, 4.69) is 9.98 Å². The Labute approximate surface area is 123 Å². The summed E-state index contributed by atoms with van der Waals surface area (Å²) in [4.78, 5) is 21.5. The van der Waals surface area contributed by atoms with Crippen molar-refractivity contribution >= 4 is 23.5 Å². The highest BCUT2D eigenvalue weighted by Crippen LogP contribution is 2.21. The number of carbonyl (C=O) groups excluding carboxylic acids is 1. The number of aldehydes is 1. The Morgan fingerprint density at radius 3 is 2.86 bits per heavy atom. The Morgan fingerprint density at radius 1 is 1.43 bits per heavy atom. The second-order valence-electron chi connectivity index (χ2n) is 4.47. The van der Waals surface area contributed by atoms with Crippen molar-refractivity contribution in [3.05, 3.63) is 54.1 Å². The van der Waals surface area contributed by atoms with Crippen molar-refractivity contribution in [2.75, 3.05) is 11.9 Å². The average molecular weight is 285 g/mol. The molecule has 0 radical (unpaired) electrons. The zero-order valence-electron chi connectivity index (χ0n) is 12.0. The molecule has 0 amide bonds. The molecule has 0 saturated heterocycles. The number of rotatable bonds is 4. The van der Waals surface area contributed by atoms with Crippen molar-refractivity contribution < 1.29 is 9.18 Å². The summed E-state index contributed by atoms with van der Waals surface area (Å²) >= 11 is 0. The maximum atomic E-state index is 13.2. The number of amidine groups is 1. The van der Waals surface area contributed by atoms with Gasteiger partial charge in [-0.05, 0) is 30.3 Å². The Hall–Kier alpha value is -2.56. The molecule has 4 nitrogen and oxygen atoms in total. The smallest absolute Gasteiger partial charge is 0.152 e. The Morgan fingerprint density at radius 2 is 2.24 bits per heavy atom. The number of hydrogen-bond donors (Lipinski definition) is 0. The van der Waals surface area contributed by atoms with Crippen LogP contribution in [0.15, 0.2) is 47.7 Å². The third-order valence-corrected chi connectivity index (χ3v) is 3.10. The number of anilines is 1. The lowest BCUT2D eigenvalue weighted by atomic mass is 10.2. The monoisotopic (exact) mass is 285 g/mol. The van der Waals surface area contributed by atoms with Gasteiger partial charge >= 0.3 is 0 Å². The summed E-state index contributed by atoms with van der Waals surface area (Å²) in [5.41, 5.74) is 1.59. The molecule has 0 aliphatic heterocycles. The summed E-state index contributed by atoms with van der Waals surface area (Å²) in [5.74, 6) is 0.312. The van der Waals surface area contributed by atoms with Crippen LogP contribution in [0.1, 0.15) is 23.7 Å². The van der Waals surface area contributed by atoms with Crippen LogP contribution in [-0.2, 0) is 0 Å². The van der Waals surface area contributed by atoms with E-state index in [1.165, 1.54) is 18.2 Å². The van der Waals surface area contributed by atoms with E-state index in [4.69, 9.17) is 0 Å². The highest BCUT2D eigenvalue weighted by atomic mass is 19.1. The number of carbonyl (C=O) groups is 1. The summed E-state index contributed by atoms with van der Waals surface area (Å²) in [6, 6.07) is 7.75. The quantitative estimate of drug-likeness (QED) is 0.490. The minimum atomic E-state index is -0.449. The maximum Gasteiger partial charge on any atom is 0.152 e. The molecule has 0 N–H and O–H groups in total. The summed E-state index contributed by atoms with van der Waals surface area (Å²) in [6.07, 6.45) is 4.71. The Kier molecular flexibility index (Phi) is 4.77. The molecular formula is C16H16FN3O. The minimum absolute atomic E-state index is 0.237. The summed E-state index contributed by atoms with van der Waals surface area (Å²) in [5, 5.41) is 0. The molecule has 0 unspecified atom stereocenters. The lowest BCUT2D eigenvalue weighted by Gasteiger charge is -2.20. The second-order valence-corrected chi connectivity index (χ2v) is 4.47. The first-order chi connectivity index (χ1) is 10.2. The molecule has 108 valence electrons. The molecule has 1 aromatic carbocycles. The predicted molar refractivity (Wildman–Crippen MR) is 81.8 cm³/mol. The van der Waals surface area contributed by atoms with Gasteiger partial charge in [-0.1, -0.05) is 6.92 Å². The number of aromatic nitrogens is 1. The molecule has 0 spiro atoms. The van der Waals surface area contributed by atoms with Crippen LogP contribution in [0.2, 0.25) is 0 Å². The van der Waals surface area contributed by atoms with Gasteiger partial charge < -0.3 is 4.90 Å². The molecule has 0 atom stereocenters. The first-order valence-electron chi connectivity index (χ1n) is 6.61. The van der Waals surface area contributed by atoms with E-state index in [0.29, 0.717) is 18.4 Å². The molecule has 1 aromatic heterocycles. The Balaban J connectivity index is 2.39. The van der Waals surface area contributed by atoms with Gasteiger partial charge in [0.1, 0.15) is 11.7 Å². The van der Waals surface area contributed by atoms with Crippen molar-refractivity contribution in [2.24, 2.45) is 4.99 Å². The lowest BCUT2D eigenvalue weighted by Crippen LogP contribution is -2.25. The topological polar surface area (TPSA) is 45.6 Å². The van der Waals surface area contributed by atoms with Gasteiger partial charge in [-0.2, -0.15) is 0 Å². The van der Waals surface area contributed by atoms with Gasteiger partial charge in [0.2, 0.25) is 0 Å². The van der Waals surface area contributed by atoms with Crippen LogP contribution in [0.4, 0.5) is 15.8 Å². The third-order valence-electron chi connectivity index (χ3n) is 3.10. The number of pyridine rings is 1. The molecular weight excluding hydrogens is 269 g/mol. The van der Waals surface area contributed by atoms with Gasteiger partial charge in [0, 0.05) is 25.2 Å². The molecule has 2 rings (SSSR count). The van der Waals surface area contributed by atoms with Crippen LogP contribution in [0.25, 0.3) is 0 Å². The zero-order valence-corrected chi connectivity index (χ0v) is 12.0. The highest BCUT2D eigenvalue weighted by molar-refractivity contribution is 5.99. The van der Waals surface area contributed by atoms with Gasteiger partial charge in [-0.15, -0.1) is 0 Å². The van der Waals surface area contributed by atoms with Crippen LogP contribution in [-0.4, -0.2) is 24.2 Å². The Bertz CT molecular complexity index is 656. The second kappa shape index (κ2) is 6.74. The predicted octanol–water partition coefficient (Wildman–Crippen LogP) is 3.61. The molecule has 0 aliphatic rings. The normalized spacial score (nSPS) is 11.3. The van der Waals surface area contributed by atoms with Crippen molar-refractivity contribution in [1.29, 1.82) is 0 Å². The van der Waals surface area contributed by atoms with Crippen molar-refractivity contribution in [2.45, 2.75) is 13.3 Å². The average Bonchev–Trinajstić information content (AvgIpc) is 2.53. The van der Waals surface area contributed by atoms with E-state index in [9.17, 15) is 9.18 Å². The molecule has 0 saturated carbocycles. The summed E-state index contributed by atoms with van der Waals surface area (Å²) < 4.78 is 13.2. The zero-order chi connectivity index (χ0) is 15.2. The number of benzene rings is 1. The molecule has 21 heavy (non-hydrogen) atoms. The molecule has 5 heteroatoms.